The lowest BCUT2D eigenvalue weighted by molar-refractivity contribution is 0.0327. The zero-order valence-corrected chi connectivity index (χ0v) is 7.88. The van der Waals surface area contributed by atoms with E-state index in [1.54, 1.807) is 0 Å². The van der Waals surface area contributed by atoms with Crippen molar-refractivity contribution in [1.29, 1.82) is 0 Å². The largest absolute Gasteiger partial charge is 0.378 e. The number of hydrogen-bond acceptors (Lipinski definition) is 2. The van der Waals surface area contributed by atoms with E-state index >= 15 is 0 Å². The molecular formula is C10H19NO. The van der Waals surface area contributed by atoms with Crippen molar-refractivity contribution in [3.05, 3.63) is 0 Å². The van der Waals surface area contributed by atoms with Crippen LogP contribution in [0.5, 0.6) is 0 Å². The van der Waals surface area contributed by atoms with Crippen molar-refractivity contribution >= 4 is 0 Å². The third-order valence-electron chi connectivity index (χ3n) is 3.13. The summed E-state index contributed by atoms with van der Waals surface area (Å²) in [5.41, 5.74) is 0. The van der Waals surface area contributed by atoms with Crippen LogP contribution < -0.4 is 5.32 Å². The first kappa shape index (κ1) is 8.52. The molecule has 0 amide bonds. The van der Waals surface area contributed by atoms with Gasteiger partial charge in [0.05, 0.1) is 13.2 Å². The second kappa shape index (κ2) is 3.75. The van der Waals surface area contributed by atoms with E-state index in [1.165, 1.54) is 25.7 Å². The van der Waals surface area contributed by atoms with Gasteiger partial charge in [-0.15, -0.1) is 0 Å². The molecule has 0 aromatic rings. The third kappa shape index (κ3) is 1.80. The summed E-state index contributed by atoms with van der Waals surface area (Å²) in [6.07, 6.45) is 5.68. The summed E-state index contributed by atoms with van der Waals surface area (Å²) in [7, 11) is 0. The average molecular weight is 169 g/mol. The molecule has 1 N–H and O–H groups in total. The Morgan fingerprint density at radius 1 is 1.17 bits per heavy atom. The van der Waals surface area contributed by atoms with Gasteiger partial charge in [-0.25, -0.2) is 0 Å². The molecule has 12 heavy (non-hydrogen) atoms. The van der Waals surface area contributed by atoms with Crippen LogP contribution in [0.1, 0.15) is 32.6 Å². The van der Waals surface area contributed by atoms with Crippen LogP contribution >= 0.6 is 0 Å². The van der Waals surface area contributed by atoms with Crippen LogP contribution in [0.25, 0.3) is 0 Å². The molecule has 2 heteroatoms. The highest BCUT2D eigenvalue weighted by Gasteiger charge is 2.28. The molecule has 2 fully saturated rings. The Morgan fingerprint density at radius 2 is 1.92 bits per heavy atom. The van der Waals surface area contributed by atoms with E-state index < -0.39 is 0 Å². The van der Waals surface area contributed by atoms with Gasteiger partial charge in [0.1, 0.15) is 0 Å². The number of nitrogens with one attached hydrogen (secondary N) is 1. The smallest absolute Gasteiger partial charge is 0.0623 e. The van der Waals surface area contributed by atoms with Crippen molar-refractivity contribution in [1.82, 2.24) is 5.32 Å². The Balaban J connectivity index is 1.85. The van der Waals surface area contributed by atoms with Crippen molar-refractivity contribution in [2.24, 2.45) is 5.92 Å². The highest BCUT2D eigenvalue weighted by molar-refractivity contribution is 4.84. The summed E-state index contributed by atoms with van der Waals surface area (Å²) in [6, 6.07) is 1.21. The van der Waals surface area contributed by atoms with E-state index in [4.69, 9.17) is 4.74 Å². The average Bonchev–Trinajstić information content (AvgIpc) is 2.56. The molecule has 2 aliphatic rings. The van der Waals surface area contributed by atoms with Crippen LogP contribution in [0.4, 0.5) is 0 Å². The minimum absolute atomic E-state index is 0.560. The first-order valence-electron chi connectivity index (χ1n) is 5.20. The van der Waals surface area contributed by atoms with Gasteiger partial charge in [-0.1, -0.05) is 12.8 Å². The van der Waals surface area contributed by atoms with Gasteiger partial charge in [0.2, 0.25) is 0 Å². The Kier molecular flexibility index (Phi) is 2.66. The van der Waals surface area contributed by atoms with Crippen LogP contribution in [0.2, 0.25) is 0 Å². The van der Waals surface area contributed by atoms with Crippen LogP contribution in [0.15, 0.2) is 0 Å². The maximum atomic E-state index is 5.54. The van der Waals surface area contributed by atoms with Gasteiger partial charge >= 0.3 is 0 Å². The van der Waals surface area contributed by atoms with E-state index in [9.17, 15) is 0 Å². The molecule has 1 aliphatic heterocycles. The zero-order valence-electron chi connectivity index (χ0n) is 7.88. The van der Waals surface area contributed by atoms with E-state index in [1.807, 2.05) is 0 Å². The fraction of sp³-hybridized carbons (Fsp3) is 1.00. The summed E-state index contributed by atoms with van der Waals surface area (Å²) in [4.78, 5) is 0. The molecule has 2 rings (SSSR count). The maximum absolute atomic E-state index is 5.54. The summed E-state index contributed by atoms with van der Waals surface area (Å²) < 4.78 is 5.54. The minimum atomic E-state index is 0.560. The minimum Gasteiger partial charge on any atom is -0.378 e. The number of morpholine rings is 1. The summed E-state index contributed by atoms with van der Waals surface area (Å²) in [5, 5.41) is 3.63. The molecule has 0 aromatic carbocycles. The fourth-order valence-corrected chi connectivity index (χ4v) is 2.47. The van der Waals surface area contributed by atoms with Crippen LogP contribution in [0.3, 0.4) is 0 Å². The second-order valence-corrected chi connectivity index (χ2v) is 4.26. The van der Waals surface area contributed by atoms with Gasteiger partial charge in [-0.05, 0) is 25.7 Å². The Labute approximate surface area is 74.7 Å². The van der Waals surface area contributed by atoms with Gasteiger partial charge in [0, 0.05) is 12.1 Å². The molecule has 1 heterocycles. The standard InChI is InChI=1S/C10H19NO/c1-8-6-12-7-10(11-8)9-4-2-3-5-9/h8-11H,2-7H2,1H3. The molecule has 2 nitrogen and oxygen atoms in total. The molecule has 1 aliphatic carbocycles. The molecule has 0 bridgehead atoms. The molecular weight excluding hydrogens is 150 g/mol. The van der Waals surface area contributed by atoms with Gasteiger partial charge in [0.15, 0.2) is 0 Å². The molecule has 0 aromatic heterocycles. The molecule has 1 saturated heterocycles. The lowest BCUT2D eigenvalue weighted by Crippen LogP contribution is -2.50. The Bertz CT molecular complexity index is 143. The monoisotopic (exact) mass is 169 g/mol. The van der Waals surface area contributed by atoms with Crippen molar-refractivity contribution < 1.29 is 4.74 Å². The maximum Gasteiger partial charge on any atom is 0.0623 e. The SMILES string of the molecule is CC1COCC(C2CCCC2)N1. The number of rotatable bonds is 1. The fourth-order valence-electron chi connectivity index (χ4n) is 2.47. The highest BCUT2D eigenvalue weighted by Crippen LogP contribution is 2.28. The highest BCUT2D eigenvalue weighted by atomic mass is 16.5. The Hall–Kier alpha value is -0.0800. The van der Waals surface area contributed by atoms with Crippen molar-refractivity contribution in [2.75, 3.05) is 13.2 Å². The van der Waals surface area contributed by atoms with Gasteiger partial charge in [-0.2, -0.15) is 0 Å². The summed E-state index contributed by atoms with van der Waals surface area (Å²) >= 11 is 0. The predicted octanol–water partition coefficient (Wildman–Crippen LogP) is 1.55. The first-order valence-corrected chi connectivity index (χ1v) is 5.20. The van der Waals surface area contributed by atoms with E-state index in [-0.39, 0.29) is 0 Å². The zero-order chi connectivity index (χ0) is 8.39. The van der Waals surface area contributed by atoms with Crippen LogP contribution in [-0.4, -0.2) is 25.3 Å². The number of ether oxygens (including phenoxy) is 1. The van der Waals surface area contributed by atoms with Crippen LogP contribution in [0, 0.1) is 5.92 Å². The van der Waals surface area contributed by atoms with Crippen molar-refractivity contribution in [3.63, 3.8) is 0 Å². The first-order chi connectivity index (χ1) is 5.86. The molecule has 1 saturated carbocycles. The topological polar surface area (TPSA) is 21.3 Å². The molecule has 0 radical (unpaired) electrons. The summed E-state index contributed by atoms with van der Waals surface area (Å²) in [5.74, 6) is 0.896. The molecule has 2 atom stereocenters. The van der Waals surface area contributed by atoms with E-state index in [0.29, 0.717) is 12.1 Å². The molecule has 0 spiro atoms. The number of hydrogen-bond donors (Lipinski definition) is 1. The lowest BCUT2D eigenvalue weighted by Gasteiger charge is -2.32. The molecule has 2 unspecified atom stereocenters. The third-order valence-corrected chi connectivity index (χ3v) is 3.13. The van der Waals surface area contributed by atoms with Crippen molar-refractivity contribution in [3.8, 4) is 0 Å². The van der Waals surface area contributed by atoms with Gasteiger partial charge in [-0.3, -0.25) is 0 Å². The van der Waals surface area contributed by atoms with Crippen molar-refractivity contribution in [2.45, 2.75) is 44.7 Å². The second-order valence-electron chi connectivity index (χ2n) is 4.26. The molecule has 70 valence electrons. The van der Waals surface area contributed by atoms with Gasteiger partial charge in [0.25, 0.3) is 0 Å². The van der Waals surface area contributed by atoms with E-state index in [0.717, 1.165) is 19.1 Å². The van der Waals surface area contributed by atoms with Gasteiger partial charge < -0.3 is 10.1 Å². The summed E-state index contributed by atoms with van der Waals surface area (Å²) in [6.45, 7) is 4.04. The predicted molar refractivity (Wildman–Crippen MR) is 49.2 cm³/mol. The van der Waals surface area contributed by atoms with E-state index in [2.05, 4.69) is 12.2 Å². The quantitative estimate of drug-likeness (QED) is 0.643. The lowest BCUT2D eigenvalue weighted by atomic mass is 9.97. The van der Waals surface area contributed by atoms with Crippen LogP contribution in [-0.2, 0) is 4.74 Å². The Morgan fingerprint density at radius 3 is 2.58 bits per heavy atom. The normalized spacial score (nSPS) is 38.8.